The third-order valence-corrected chi connectivity index (χ3v) is 5.16. The lowest BCUT2D eigenvalue weighted by atomic mass is 10.1. The van der Waals surface area contributed by atoms with Crippen LogP contribution in [-0.4, -0.2) is 34.9 Å². The van der Waals surface area contributed by atoms with Crippen LogP contribution in [0.1, 0.15) is 29.3 Å². The van der Waals surface area contributed by atoms with Gasteiger partial charge in [-0.3, -0.25) is 4.79 Å². The normalized spacial score (nSPS) is 16.4. The predicted molar refractivity (Wildman–Crippen MR) is 102 cm³/mol. The van der Waals surface area contributed by atoms with Gasteiger partial charge in [-0.05, 0) is 43.3 Å². The van der Waals surface area contributed by atoms with E-state index in [1.165, 1.54) is 11.8 Å². The number of benzene rings is 2. The Morgan fingerprint density at radius 1 is 1.14 bits per heavy atom. The first-order valence-electron chi connectivity index (χ1n) is 8.71. The summed E-state index contributed by atoms with van der Waals surface area (Å²) in [6.45, 7) is 2.08. The van der Waals surface area contributed by atoms with Crippen molar-refractivity contribution >= 4 is 17.5 Å². The number of carbonyl (C=O) groups is 1. The molecule has 1 aromatic heterocycles. The van der Waals surface area contributed by atoms with E-state index >= 15 is 0 Å². The molecule has 0 saturated carbocycles. The van der Waals surface area contributed by atoms with Crippen molar-refractivity contribution in [2.75, 3.05) is 13.7 Å². The van der Waals surface area contributed by atoms with Gasteiger partial charge in [0, 0.05) is 5.56 Å². The first kappa shape index (κ1) is 18.4. The zero-order valence-electron chi connectivity index (χ0n) is 15.3. The SMILES string of the molecule is COc1ccc(C(=O)[C@@H](C)Sc2nnc([C@H]3COc4ccccc4O3)o2)cc1. The molecule has 0 saturated heterocycles. The Morgan fingerprint density at radius 3 is 2.64 bits per heavy atom. The van der Waals surface area contributed by atoms with E-state index in [4.69, 9.17) is 18.6 Å². The molecule has 0 amide bonds. The van der Waals surface area contributed by atoms with Crippen LogP contribution in [0, 0.1) is 0 Å². The van der Waals surface area contributed by atoms with E-state index in [9.17, 15) is 4.79 Å². The monoisotopic (exact) mass is 398 g/mol. The van der Waals surface area contributed by atoms with E-state index in [0.717, 1.165) is 0 Å². The molecular weight excluding hydrogens is 380 g/mol. The average Bonchev–Trinajstić information content (AvgIpc) is 3.21. The van der Waals surface area contributed by atoms with Gasteiger partial charge in [-0.1, -0.05) is 23.9 Å². The molecule has 7 nitrogen and oxygen atoms in total. The Bertz CT molecular complexity index is 973. The maximum atomic E-state index is 12.6. The minimum absolute atomic E-state index is 0.0291. The molecule has 4 rings (SSSR count). The second-order valence-electron chi connectivity index (χ2n) is 6.12. The van der Waals surface area contributed by atoms with Gasteiger partial charge in [-0.15, -0.1) is 10.2 Å². The van der Waals surface area contributed by atoms with Crippen molar-refractivity contribution in [3.05, 3.63) is 60.0 Å². The van der Waals surface area contributed by atoms with Crippen LogP contribution in [0.3, 0.4) is 0 Å². The number of nitrogens with zero attached hydrogens (tertiary/aromatic N) is 2. The van der Waals surface area contributed by atoms with Gasteiger partial charge in [0.25, 0.3) is 11.1 Å². The molecule has 2 atom stereocenters. The van der Waals surface area contributed by atoms with Gasteiger partial charge in [0.2, 0.25) is 6.10 Å². The van der Waals surface area contributed by atoms with Crippen LogP contribution in [0.25, 0.3) is 0 Å². The fourth-order valence-electron chi connectivity index (χ4n) is 2.73. The van der Waals surface area contributed by atoms with Gasteiger partial charge in [0.1, 0.15) is 12.4 Å². The van der Waals surface area contributed by atoms with Crippen LogP contribution in [0.4, 0.5) is 0 Å². The summed E-state index contributed by atoms with van der Waals surface area (Å²) in [5.41, 5.74) is 0.598. The summed E-state index contributed by atoms with van der Waals surface area (Å²) in [6, 6.07) is 14.4. The highest BCUT2D eigenvalue weighted by Gasteiger charge is 2.28. The van der Waals surface area contributed by atoms with Crippen LogP contribution < -0.4 is 14.2 Å². The molecule has 144 valence electrons. The maximum Gasteiger partial charge on any atom is 0.277 e. The summed E-state index contributed by atoms with van der Waals surface area (Å²) in [5, 5.41) is 8.01. The Morgan fingerprint density at radius 2 is 1.89 bits per heavy atom. The third kappa shape index (κ3) is 3.82. The van der Waals surface area contributed by atoms with E-state index in [1.807, 2.05) is 24.3 Å². The number of carbonyl (C=O) groups excluding carboxylic acids is 1. The second kappa shape index (κ2) is 7.93. The number of fused-ring (bicyclic) bond motifs is 1. The zero-order valence-corrected chi connectivity index (χ0v) is 16.1. The molecule has 0 aliphatic carbocycles. The van der Waals surface area contributed by atoms with Crippen LogP contribution in [-0.2, 0) is 0 Å². The highest BCUT2D eigenvalue weighted by atomic mass is 32.2. The van der Waals surface area contributed by atoms with Crippen molar-refractivity contribution in [2.45, 2.75) is 23.5 Å². The van der Waals surface area contributed by atoms with Crippen molar-refractivity contribution in [1.82, 2.24) is 10.2 Å². The number of ether oxygens (including phenoxy) is 3. The number of rotatable bonds is 6. The fourth-order valence-corrected chi connectivity index (χ4v) is 3.50. The van der Waals surface area contributed by atoms with Crippen molar-refractivity contribution in [3.8, 4) is 17.2 Å². The van der Waals surface area contributed by atoms with Gasteiger partial charge < -0.3 is 18.6 Å². The summed E-state index contributed by atoms with van der Waals surface area (Å²) >= 11 is 1.21. The standard InChI is InChI=1S/C20H18N2O5S/c1-12(18(23)13-7-9-14(24-2)10-8-13)28-20-22-21-19(27-20)17-11-25-15-5-3-4-6-16(15)26-17/h3-10,12,17H,11H2,1-2H3/t12-,17-/m1/s1. The smallest absolute Gasteiger partial charge is 0.277 e. The molecule has 0 spiro atoms. The van der Waals surface area contributed by atoms with E-state index in [-0.39, 0.29) is 17.6 Å². The first-order valence-corrected chi connectivity index (χ1v) is 9.59. The largest absolute Gasteiger partial charge is 0.497 e. The number of hydrogen-bond acceptors (Lipinski definition) is 8. The number of ketones is 1. The summed E-state index contributed by atoms with van der Waals surface area (Å²) in [6.07, 6.45) is -0.482. The topological polar surface area (TPSA) is 83.7 Å². The number of methoxy groups -OCH3 is 1. The Labute approximate surface area is 166 Å². The van der Waals surface area contributed by atoms with Gasteiger partial charge in [-0.2, -0.15) is 0 Å². The summed E-state index contributed by atoms with van der Waals surface area (Å²) < 4.78 is 22.3. The Kier molecular flexibility index (Phi) is 5.21. The van der Waals surface area contributed by atoms with E-state index < -0.39 is 6.10 Å². The number of aromatic nitrogens is 2. The second-order valence-corrected chi connectivity index (χ2v) is 7.42. The van der Waals surface area contributed by atoms with Crippen LogP contribution in [0.5, 0.6) is 17.2 Å². The molecule has 28 heavy (non-hydrogen) atoms. The molecule has 1 aliphatic rings. The van der Waals surface area contributed by atoms with Crippen molar-refractivity contribution in [2.24, 2.45) is 0 Å². The highest BCUT2D eigenvalue weighted by Crippen LogP contribution is 2.36. The molecule has 1 aliphatic heterocycles. The molecule has 2 heterocycles. The molecule has 2 aromatic carbocycles. The summed E-state index contributed by atoms with van der Waals surface area (Å²) in [4.78, 5) is 12.6. The van der Waals surface area contributed by atoms with Crippen LogP contribution in [0.15, 0.2) is 58.2 Å². The molecule has 0 radical (unpaired) electrons. The predicted octanol–water partition coefficient (Wildman–Crippen LogP) is 3.95. The maximum absolute atomic E-state index is 12.6. The van der Waals surface area contributed by atoms with E-state index in [1.54, 1.807) is 38.3 Å². The molecule has 0 unspecified atom stereocenters. The number of hydrogen-bond donors (Lipinski definition) is 0. The zero-order chi connectivity index (χ0) is 19.5. The third-order valence-electron chi connectivity index (χ3n) is 4.23. The summed E-state index contributed by atoms with van der Waals surface area (Å²) in [5.74, 6) is 2.31. The molecular formula is C20H18N2O5S. The lowest BCUT2D eigenvalue weighted by Crippen LogP contribution is -2.21. The molecule has 8 heteroatoms. The number of para-hydroxylation sites is 2. The Hall–Kier alpha value is -3.00. The molecule has 0 bridgehead atoms. The van der Waals surface area contributed by atoms with Crippen LogP contribution in [0.2, 0.25) is 0 Å². The van der Waals surface area contributed by atoms with Gasteiger partial charge in [0.15, 0.2) is 17.3 Å². The molecule has 0 fully saturated rings. The lowest BCUT2D eigenvalue weighted by molar-refractivity contribution is 0.0686. The van der Waals surface area contributed by atoms with Crippen molar-refractivity contribution < 1.29 is 23.4 Å². The van der Waals surface area contributed by atoms with E-state index in [0.29, 0.717) is 33.9 Å². The van der Waals surface area contributed by atoms with Gasteiger partial charge in [-0.25, -0.2) is 0 Å². The van der Waals surface area contributed by atoms with Crippen molar-refractivity contribution in [3.63, 3.8) is 0 Å². The molecule has 3 aromatic rings. The van der Waals surface area contributed by atoms with Gasteiger partial charge >= 0.3 is 0 Å². The van der Waals surface area contributed by atoms with E-state index in [2.05, 4.69) is 10.2 Å². The lowest BCUT2D eigenvalue weighted by Gasteiger charge is -2.23. The van der Waals surface area contributed by atoms with Gasteiger partial charge in [0.05, 0.1) is 12.4 Å². The quantitative estimate of drug-likeness (QED) is 0.456. The first-order chi connectivity index (χ1) is 13.6. The molecule has 0 N–H and O–H groups in total. The summed E-state index contributed by atoms with van der Waals surface area (Å²) in [7, 11) is 1.59. The fraction of sp³-hybridized carbons (Fsp3) is 0.250. The minimum Gasteiger partial charge on any atom is -0.497 e. The van der Waals surface area contributed by atoms with Crippen LogP contribution >= 0.6 is 11.8 Å². The Balaban J connectivity index is 1.41. The number of Topliss-reactive ketones (excluding diaryl/α,β-unsaturated/α-hetero) is 1. The highest BCUT2D eigenvalue weighted by molar-refractivity contribution is 8.00. The average molecular weight is 398 g/mol. The van der Waals surface area contributed by atoms with Crippen molar-refractivity contribution in [1.29, 1.82) is 0 Å². The minimum atomic E-state index is -0.482. The number of thioether (sulfide) groups is 1.